The second-order valence-corrected chi connectivity index (χ2v) is 17.7. The summed E-state index contributed by atoms with van der Waals surface area (Å²) in [6.45, 7) is 14.0. The highest BCUT2D eigenvalue weighted by molar-refractivity contribution is 5.93. The number of allylic oxidation sites excluding steroid dienone is 4. The van der Waals surface area contributed by atoms with Crippen LogP contribution in [0.5, 0.6) is 0 Å². The quantitative estimate of drug-likeness (QED) is 0.114. The molecule has 0 aromatic heterocycles. The Morgan fingerprint density at radius 2 is 1.78 bits per heavy atom. The van der Waals surface area contributed by atoms with Crippen LogP contribution in [-0.4, -0.2) is 59.6 Å². The van der Waals surface area contributed by atoms with E-state index in [1.807, 2.05) is 59.8 Å². The van der Waals surface area contributed by atoms with E-state index >= 15 is 0 Å². The number of fused-ring (bicyclic) bond motifs is 4. The van der Waals surface area contributed by atoms with Crippen molar-refractivity contribution in [3.8, 4) is 11.8 Å². The van der Waals surface area contributed by atoms with Gasteiger partial charge in [-0.05, 0) is 138 Å². The van der Waals surface area contributed by atoms with E-state index in [1.165, 1.54) is 22.3 Å². The first kappa shape index (κ1) is 41.3. The van der Waals surface area contributed by atoms with Crippen molar-refractivity contribution in [1.29, 1.82) is 0 Å². The lowest BCUT2D eigenvalue weighted by Gasteiger charge is -2.53. The van der Waals surface area contributed by atoms with Gasteiger partial charge in [0.25, 0.3) is 0 Å². The molecule has 54 heavy (non-hydrogen) atoms. The lowest BCUT2D eigenvalue weighted by atomic mass is 9.51. The van der Waals surface area contributed by atoms with E-state index in [1.54, 1.807) is 11.9 Å². The Kier molecular flexibility index (Phi) is 12.9. The molecular weight excluding hydrogens is 679 g/mol. The fourth-order valence-electron chi connectivity index (χ4n) is 9.65. The van der Waals surface area contributed by atoms with Crippen LogP contribution in [0.25, 0.3) is 0 Å². The van der Waals surface area contributed by atoms with Crippen LogP contribution in [0.4, 0.5) is 10.5 Å². The first-order valence-electron chi connectivity index (χ1n) is 20.2. The highest BCUT2D eigenvalue weighted by Crippen LogP contribution is 2.66. The van der Waals surface area contributed by atoms with E-state index in [-0.39, 0.29) is 35.0 Å². The third kappa shape index (κ3) is 9.13. The van der Waals surface area contributed by atoms with Gasteiger partial charge in [-0.25, -0.2) is 9.59 Å². The second-order valence-electron chi connectivity index (χ2n) is 17.7. The molecule has 1 aromatic carbocycles. The molecule has 0 unspecified atom stereocenters. The van der Waals surface area contributed by atoms with Crippen molar-refractivity contribution in [2.45, 2.75) is 149 Å². The molecule has 2 saturated carbocycles. The zero-order chi connectivity index (χ0) is 39.4. The summed E-state index contributed by atoms with van der Waals surface area (Å²) in [5, 5.41) is 17.8. The monoisotopic (exact) mass is 741 g/mol. The number of carbonyl (C=O) groups excluding carboxylic acids is 4. The Morgan fingerprint density at radius 3 is 2.44 bits per heavy atom. The van der Waals surface area contributed by atoms with Gasteiger partial charge in [-0.2, -0.15) is 0 Å². The standard InChI is InChI=1S/C45H63N3O6/c1-9-23-45(53)24-22-37-35-20-16-31-27-33(49)19-21-34(31)40(35)36(28-44(37,45)7)30-14-17-32(18-15-30)48(8)42(52)46-25-12-10-11-13-39(50)47-38(26-29(2)3)41(51)54-43(4,5)6/h14-15,17-18,27,29,35-38,53H,10-13,16,19-22,24-26,28H2,1-8H3,(H,46,52)(H,47,50)/t35-,36+,37-,38-,44-,45-/m0/s1. The van der Waals surface area contributed by atoms with Crippen LogP contribution in [0.15, 0.2) is 47.1 Å². The number of benzene rings is 1. The zero-order valence-electron chi connectivity index (χ0n) is 33.9. The molecule has 9 nitrogen and oxygen atoms in total. The predicted octanol–water partition coefficient (Wildman–Crippen LogP) is 7.92. The molecule has 4 aliphatic carbocycles. The molecule has 4 aliphatic rings. The molecule has 1 aromatic rings. The van der Waals surface area contributed by atoms with Crippen LogP contribution in [0.2, 0.25) is 0 Å². The van der Waals surface area contributed by atoms with Gasteiger partial charge in [0, 0.05) is 43.5 Å². The van der Waals surface area contributed by atoms with Crippen molar-refractivity contribution in [2.24, 2.45) is 23.2 Å². The normalized spacial score (nSPS) is 26.7. The van der Waals surface area contributed by atoms with Gasteiger partial charge in [-0.1, -0.05) is 50.8 Å². The van der Waals surface area contributed by atoms with Crippen LogP contribution in [0, 0.1) is 35.0 Å². The van der Waals surface area contributed by atoms with E-state index in [4.69, 9.17) is 4.74 Å². The molecular formula is C45H63N3O6. The number of esters is 1. The molecule has 294 valence electrons. The van der Waals surface area contributed by atoms with E-state index in [9.17, 15) is 24.3 Å². The van der Waals surface area contributed by atoms with Gasteiger partial charge in [-0.3, -0.25) is 14.5 Å². The summed E-state index contributed by atoms with van der Waals surface area (Å²) >= 11 is 0. The molecule has 2 fully saturated rings. The lowest BCUT2D eigenvalue weighted by Crippen LogP contribution is -2.51. The third-order valence-corrected chi connectivity index (χ3v) is 12.3. The lowest BCUT2D eigenvalue weighted by molar-refractivity contribution is -0.159. The molecule has 0 spiro atoms. The maximum absolute atomic E-state index is 13.1. The highest BCUT2D eigenvalue weighted by Gasteiger charge is 2.62. The van der Waals surface area contributed by atoms with Gasteiger partial charge >= 0.3 is 12.0 Å². The fraction of sp³-hybridized carbons (Fsp3) is 0.644. The molecule has 5 rings (SSSR count). The maximum Gasteiger partial charge on any atom is 0.329 e. The number of unbranched alkanes of at least 4 members (excludes halogenated alkanes) is 2. The number of ether oxygens (including phenoxy) is 1. The number of anilines is 1. The highest BCUT2D eigenvalue weighted by atomic mass is 16.6. The van der Waals surface area contributed by atoms with Gasteiger partial charge in [-0.15, -0.1) is 5.92 Å². The van der Waals surface area contributed by atoms with Gasteiger partial charge in [0.2, 0.25) is 5.91 Å². The zero-order valence-corrected chi connectivity index (χ0v) is 33.9. The minimum absolute atomic E-state index is 0.0973. The van der Waals surface area contributed by atoms with E-state index in [2.05, 4.69) is 41.5 Å². The van der Waals surface area contributed by atoms with Crippen molar-refractivity contribution in [2.75, 3.05) is 18.5 Å². The van der Waals surface area contributed by atoms with E-state index in [0.717, 1.165) is 50.6 Å². The summed E-state index contributed by atoms with van der Waals surface area (Å²) in [4.78, 5) is 52.5. The van der Waals surface area contributed by atoms with E-state index < -0.39 is 23.2 Å². The average Bonchev–Trinajstić information content (AvgIpc) is 3.37. The number of aliphatic hydroxyl groups is 1. The van der Waals surface area contributed by atoms with Crippen molar-refractivity contribution in [1.82, 2.24) is 10.6 Å². The molecule has 3 N–H and O–H groups in total. The number of urea groups is 1. The topological polar surface area (TPSA) is 125 Å². The SMILES string of the molecule is CC#C[C@]1(O)CC[C@H]2[C@@H]3CCC4=CC(=O)CCC4=C3[C@@H](c3ccc(N(C)C(=O)NCCCCCC(=O)N[C@@H](CC(C)C)C(=O)OC(C)(C)C)cc3)C[C@@]21C. The van der Waals surface area contributed by atoms with Crippen LogP contribution < -0.4 is 15.5 Å². The first-order chi connectivity index (χ1) is 25.5. The molecule has 0 heterocycles. The Morgan fingerprint density at radius 1 is 1.06 bits per heavy atom. The van der Waals surface area contributed by atoms with Crippen LogP contribution in [0.3, 0.4) is 0 Å². The Bertz CT molecular complexity index is 1710. The summed E-state index contributed by atoms with van der Waals surface area (Å²) < 4.78 is 5.51. The average molecular weight is 742 g/mol. The van der Waals surface area contributed by atoms with E-state index in [0.29, 0.717) is 50.5 Å². The maximum atomic E-state index is 13.1. The number of amides is 3. The van der Waals surface area contributed by atoms with Gasteiger partial charge in [0.05, 0.1) is 0 Å². The first-order valence-corrected chi connectivity index (χ1v) is 20.2. The molecule has 0 radical (unpaired) electrons. The molecule has 9 heteroatoms. The molecule has 0 aliphatic heterocycles. The van der Waals surface area contributed by atoms with Crippen molar-refractivity contribution < 1.29 is 29.0 Å². The van der Waals surface area contributed by atoms with Crippen molar-refractivity contribution in [3.63, 3.8) is 0 Å². The minimum atomic E-state index is -1.03. The Labute approximate surface area is 323 Å². The number of nitrogens with zero attached hydrogens (tertiary/aromatic N) is 1. The molecule has 6 atom stereocenters. The summed E-state index contributed by atoms with van der Waals surface area (Å²) in [6.07, 6.45) is 10.5. The summed E-state index contributed by atoms with van der Waals surface area (Å²) in [6, 6.07) is 7.40. The molecule has 3 amide bonds. The number of hydrogen-bond acceptors (Lipinski definition) is 6. The van der Waals surface area contributed by atoms with Crippen LogP contribution in [0.1, 0.15) is 137 Å². The second kappa shape index (κ2) is 16.9. The number of rotatable bonds is 12. The Hall–Kier alpha value is -3.90. The fourth-order valence-corrected chi connectivity index (χ4v) is 9.65. The minimum Gasteiger partial charge on any atom is -0.458 e. The number of nitrogens with one attached hydrogen (secondary N) is 2. The number of hydrogen-bond donors (Lipinski definition) is 3. The summed E-state index contributed by atoms with van der Waals surface area (Å²) in [5.74, 6) is 6.93. The van der Waals surface area contributed by atoms with Crippen molar-refractivity contribution >= 4 is 29.4 Å². The van der Waals surface area contributed by atoms with Gasteiger partial charge in [0.15, 0.2) is 5.78 Å². The smallest absolute Gasteiger partial charge is 0.329 e. The summed E-state index contributed by atoms with van der Waals surface area (Å²) in [7, 11) is 1.76. The van der Waals surface area contributed by atoms with Gasteiger partial charge in [0.1, 0.15) is 17.2 Å². The number of carbonyl (C=O) groups is 4. The van der Waals surface area contributed by atoms with Crippen LogP contribution >= 0.6 is 0 Å². The van der Waals surface area contributed by atoms with Gasteiger partial charge < -0.3 is 20.5 Å². The Balaban J connectivity index is 1.18. The predicted molar refractivity (Wildman–Crippen MR) is 213 cm³/mol. The van der Waals surface area contributed by atoms with Crippen molar-refractivity contribution in [3.05, 3.63) is 52.6 Å². The third-order valence-electron chi connectivity index (χ3n) is 12.3. The van der Waals surface area contributed by atoms with Crippen LogP contribution in [-0.2, 0) is 19.1 Å². The largest absolute Gasteiger partial charge is 0.458 e. The molecule has 0 bridgehead atoms. The molecule has 0 saturated heterocycles. The number of ketones is 1. The summed E-state index contributed by atoms with van der Waals surface area (Å²) in [5.41, 5.74) is 3.99.